The van der Waals surface area contributed by atoms with E-state index in [-0.39, 0.29) is 0 Å². The van der Waals surface area contributed by atoms with Gasteiger partial charge in [0, 0.05) is 18.4 Å². The third-order valence-electron chi connectivity index (χ3n) is 3.16. The number of hydrogen-bond donors (Lipinski definition) is 1. The van der Waals surface area contributed by atoms with Crippen LogP contribution in [0.25, 0.3) is 5.69 Å². The van der Waals surface area contributed by atoms with E-state index in [0.29, 0.717) is 0 Å². The minimum atomic E-state index is 0.848. The first-order chi connectivity index (χ1) is 9.28. The van der Waals surface area contributed by atoms with E-state index in [4.69, 9.17) is 0 Å². The molecule has 1 N–H and O–H groups in total. The maximum atomic E-state index is 4.65. The van der Waals surface area contributed by atoms with Gasteiger partial charge in [-0.3, -0.25) is 4.98 Å². The Labute approximate surface area is 114 Å². The van der Waals surface area contributed by atoms with Gasteiger partial charge in [-0.1, -0.05) is 20.8 Å². The molecule has 0 fully saturated rings. The Morgan fingerprint density at radius 1 is 1.11 bits per heavy atom. The van der Waals surface area contributed by atoms with Crippen LogP contribution in [0.3, 0.4) is 0 Å². The van der Waals surface area contributed by atoms with Gasteiger partial charge >= 0.3 is 0 Å². The largest absolute Gasteiger partial charge is 0.313 e. The van der Waals surface area contributed by atoms with Crippen LogP contribution in [-0.2, 0) is 19.4 Å². The van der Waals surface area contributed by atoms with Gasteiger partial charge in [-0.2, -0.15) is 5.10 Å². The van der Waals surface area contributed by atoms with Gasteiger partial charge in [0.1, 0.15) is 0 Å². The Hall–Kier alpha value is -1.68. The van der Waals surface area contributed by atoms with Crippen molar-refractivity contribution in [2.75, 3.05) is 6.54 Å². The smallest absolute Gasteiger partial charge is 0.0835 e. The van der Waals surface area contributed by atoms with E-state index >= 15 is 0 Å². The first kappa shape index (κ1) is 13.7. The van der Waals surface area contributed by atoms with E-state index in [1.807, 2.05) is 17.1 Å². The molecular weight excluding hydrogens is 236 g/mol. The van der Waals surface area contributed by atoms with E-state index in [1.54, 1.807) is 0 Å². The number of nitrogens with zero attached hydrogens (tertiary/aromatic N) is 3. The van der Waals surface area contributed by atoms with Gasteiger partial charge in [-0.15, -0.1) is 0 Å². The van der Waals surface area contributed by atoms with Crippen LogP contribution in [0.5, 0.6) is 0 Å². The van der Waals surface area contributed by atoms with Crippen molar-refractivity contribution < 1.29 is 0 Å². The van der Waals surface area contributed by atoms with Gasteiger partial charge in [-0.05, 0) is 37.1 Å². The van der Waals surface area contributed by atoms with Crippen molar-refractivity contribution in [1.29, 1.82) is 0 Å². The van der Waals surface area contributed by atoms with Crippen LogP contribution in [0.15, 0.2) is 24.5 Å². The highest BCUT2D eigenvalue weighted by molar-refractivity contribution is 5.34. The summed E-state index contributed by atoms with van der Waals surface area (Å²) in [6.07, 6.45) is 5.72. The summed E-state index contributed by atoms with van der Waals surface area (Å²) in [4.78, 5) is 4.32. The van der Waals surface area contributed by atoms with Crippen LogP contribution in [0.1, 0.15) is 37.7 Å². The quantitative estimate of drug-likeness (QED) is 0.865. The fraction of sp³-hybridized carbons (Fsp3) is 0.467. The second-order valence-electron chi connectivity index (χ2n) is 4.58. The summed E-state index contributed by atoms with van der Waals surface area (Å²) in [6, 6.07) is 4.33. The molecule has 19 heavy (non-hydrogen) atoms. The standard InChI is InChI=1S/C15H22N4/c1-4-13-8-14(5-2)19(18-13)15-7-12(9-16-6-3)10-17-11-15/h7-8,10-11,16H,4-6,9H2,1-3H3. The highest BCUT2D eigenvalue weighted by atomic mass is 15.3. The van der Waals surface area contributed by atoms with Gasteiger partial charge < -0.3 is 5.32 Å². The first-order valence-electron chi connectivity index (χ1n) is 7.01. The molecule has 0 spiro atoms. The number of rotatable bonds is 6. The number of aromatic nitrogens is 3. The van der Waals surface area contributed by atoms with Crippen LogP contribution in [-0.4, -0.2) is 21.3 Å². The zero-order chi connectivity index (χ0) is 13.7. The number of pyridine rings is 1. The molecular formula is C15H22N4. The zero-order valence-electron chi connectivity index (χ0n) is 12.0. The molecule has 0 amide bonds. The normalized spacial score (nSPS) is 10.9. The molecule has 2 aromatic heterocycles. The molecule has 0 aliphatic rings. The molecule has 0 bridgehead atoms. The lowest BCUT2D eigenvalue weighted by molar-refractivity contribution is 0.720. The van der Waals surface area contributed by atoms with Crippen LogP contribution >= 0.6 is 0 Å². The highest BCUT2D eigenvalue weighted by Crippen LogP contribution is 2.14. The Balaban J connectivity index is 2.32. The molecule has 0 aliphatic heterocycles. The SMILES string of the molecule is CCNCc1cncc(-n2nc(CC)cc2CC)c1. The lowest BCUT2D eigenvalue weighted by atomic mass is 10.2. The second kappa shape index (κ2) is 6.48. The summed E-state index contributed by atoms with van der Waals surface area (Å²) in [5.74, 6) is 0. The molecule has 0 aromatic carbocycles. The summed E-state index contributed by atoms with van der Waals surface area (Å²) in [7, 11) is 0. The fourth-order valence-electron chi connectivity index (χ4n) is 2.08. The predicted molar refractivity (Wildman–Crippen MR) is 77.5 cm³/mol. The van der Waals surface area contributed by atoms with Gasteiger partial charge in [0.15, 0.2) is 0 Å². The van der Waals surface area contributed by atoms with Crippen molar-refractivity contribution in [2.24, 2.45) is 0 Å². The number of nitrogens with one attached hydrogen (secondary N) is 1. The molecule has 0 unspecified atom stereocenters. The van der Waals surface area contributed by atoms with Crippen molar-refractivity contribution in [3.63, 3.8) is 0 Å². The maximum absolute atomic E-state index is 4.65. The molecule has 0 saturated carbocycles. The lowest BCUT2D eigenvalue weighted by Crippen LogP contribution is -2.12. The van der Waals surface area contributed by atoms with Gasteiger partial charge in [0.05, 0.1) is 17.6 Å². The van der Waals surface area contributed by atoms with Gasteiger partial charge in [-0.25, -0.2) is 4.68 Å². The van der Waals surface area contributed by atoms with Gasteiger partial charge in [0.25, 0.3) is 0 Å². The summed E-state index contributed by atoms with van der Waals surface area (Å²) >= 11 is 0. The molecule has 102 valence electrons. The van der Waals surface area contributed by atoms with E-state index in [1.165, 1.54) is 11.3 Å². The minimum absolute atomic E-state index is 0.848. The van der Waals surface area contributed by atoms with Crippen molar-refractivity contribution in [1.82, 2.24) is 20.1 Å². The van der Waals surface area contributed by atoms with Crippen molar-refractivity contribution in [2.45, 2.75) is 40.2 Å². The van der Waals surface area contributed by atoms with E-state index < -0.39 is 0 Å². The summed E-state index contributed by atoms with van der Waals surface area (Å²) in [5.41, 5.74) is 4.61. The third-order valence-corrected chi connectivity index (χ3v) is 3.16. The molecule has 4 heteroatoms. The average molecular weight is 258 g/mol. The number of hydrogen-bond acceptors (Lipinski definition) is 3. The monoisotopic (exact) mass is 258 g/mol. The van der Waals surface area contributed by atoms with Crippen LogP contribution in [0.2, 0.25) is 0 Å². The Morgan fingerprint density at radius 3 is 2.63 bits per heavy atom. The van der Waals surface area contributed by atoms with Crippen LogP contribution in [0, 0.1) is 0 Å². The highest BCUT2D eigenvalue weighted by Gasteiger charge is 2.08. The summed E-state index contributed by atoms with van der Waals surface area (Å²) in [6.45, 7) is 8.20. The summed E-state index contributed by atoms with van der Waals surface area (Å²) in [5, 5.41) is 7.97. The van der Waals surface area contributed by atoms with Crippen LogP contribution < -0.4 is 5.32 Å². The second-order valence-corrected chi connectivity index (χ2v) is 4.58. The Kier molecular flexibility index (Phi) is 4.68. The molecule has 0 atom stereocenters. The minimum Gasteiger partial charge on any atom is -0.313 e. The third kappa shape index (κ3) is 3.20. The Bertz CT molecular complexity index is 531. The molecule has 4 nitrogen and oxygen atoms in total. The predicted octanol–water partition coefficient (Wildman–Crippen LogP) is 2.50. The molecule has 0 radical (unpaired) electrons. The zero-order valence-corrected chi connectivity index (χ0v) is 12.0. The van der Waals surface area contributed by atoms with Crippen LogP contribution in [0.4, 0.5) is 0 Å². The van der Waals surface area contributed by atoms with Crippen molar-refractivity contribution >= 4 is 0 Å². The Morgan fingerprint density at radius 2 is 1.95 bits per heavy atom. The maximum Gasteiger partial charge on any atom is 0.0835 e. The topological polar surface area (TPSA) is 42.7 Å². The first-order valence-corrected chi connectivity index (χ1v) is 7.01. The van der Waals surface area contributed by atoms with Crippen molar-refractivity contribution in [3.05, 3.63) is 41.5 Å². The van der Waals surface area contributed by atoms with E-state index in [9.17, 15) is 0 Å². The molecule has 2 rings (SSSR count). The molecule has 0 aliphatic carbocycles. The summed E-state index contributed by atoms with van der Waals surface area (Å²) < 4.78 is 2.02. The lowest BCUT2D eigenvalue weighted by Gasteiger charge is -2.08. The fourth-order valence-corrected chi connectivity index (χ4v) is 2.08. The molecule has 0 saturated heterocycles. The van der Waals surface area contributed by atoms with Gasteiger partial charge in [0.2, 0.25) is 0 Å². The average Bonchev–Trinajstić information content (AvgIpc) is 2.89. The van der Waals surface area contributed by atoms with E-state index in [2.05, 4.69) is 48.3 Å². The van der Waals surface area contributed by atoms with Crippen molar-refractivity contribution in [3.8, 4) is 5.69 Å². The molecule has 2 aromatic rings. The molecule has 2 heterocycles. The number of aryl methyl sites for hydroxylation is 2. The van der Waals surface area contributed by atoms with E-state index in [0.717, 1.165) is 37.3 Å².